The summed E-state index contributed by atoms with van der Waals surface area (Å²) in [5.41, 5.74) is 7.68. The molecule has 0 bridgehead atoms. The molecule has 5 heteroatoms. The molecular formula is C15H19FN4. The fourth-order valence-electron chi connectivity index (χ4n) is 2.11. The van der Waals surface area contributed by atoms with E-state index in [2.05, 4.69) is 22.2 Å². The number of rotatable bonds is 5. The smallest absolute Gasteiger partial charge is 0.135 e. The van der Waals surface area contributed by atoms with Crippen molar-refractivity contribution in [2.45, 2.75) is 32.7 Å². The maximum Gasteiger partial charge on any atom is 0.135 e. The molecule has 1 atom stereocenters. The van der Waals surface area contributed by atoms with Gasteiger partial charge in [0.2, 0.25) is 0 Å². The van der Waals surface area contributed by atoms with Crippen molar-refractivity contribution in [3.8, 4) is 0 Å². The lowest BCUT2D eigenvalue weighted by atomic mass is 10.1. The third-order valence-electron chi connectivity index (χ3n) is 3.18. The summed E-state index contributed by atoms with van der Waals surface area (Å²) in [4.78, 5) is 8.27. The topological polar surface area (TPSA) is 63.8 Å². The predicted molar refractivity (Wildman–Crippen MR) is 78.9 cm³/mol. The van der Waals surface area contributed by atoms with Crippen LogP contribution in [0.5, 0.6) is 0 Å². The lowest BCUT2D eigenvalue weighted by Crippen LogP contribution is -2.12. The van der Waals surface area contributed by atoms with Gasteiger partial charge in [0.1, 0.15) is 23.8 Å². The van der Waals surface area contributed by atoms with Gasteiger partial charge in [0.25, 0.3) is 0 Å². The summed E-state index contributed by atoms with van der Waals surface area (Å²) in [6.45, 7) is 4.04. The number of aromatic nitrogens is 2. The van der Waals surface area contributed by atoms with Crippen LogP contribution in [0.3, 0.4) is 0 Å². The highest BCUT2D eigenvalue weighted by Crippen LogP contribution is 2.24. The molecule has 0 fully saturated rings. The minimum atomic E-state index is -0.243. The number of halogens is 1. The van der Waals surface area contributed by atoms with Gasteiger partial charge < -0.3 is 11.1 Å². The molecule has 1 heterocycles. The summed E-state index contributed by atoms with van der Waals surface area (Å²) in [7, 11) is 0. The molecule has 0 aliphatic carbocycles. The molecule has 1 aromatic heterocycles. The number of hydrogen-bond donors (Lipinski definition) is 2. The Morgan fingerprint density at radius 2 is 2.15 bits per heavy atom. The predicted octanol–water partition coefficient (Wildman–Crippen LogP) is 3.32. The van der Waals surface area contributed by atoms with E-state index in [1.165, 1.54) is 18.5 Å². The lowest BCUT2D eigenvalue weighted by molar-refractivity contribution is 0.623. The third kappa shape index (κ3) is 3.23. The highest BCUT2D eigenvalue weighted by molar-refractivity contribution is 5.55. The van der Waals surface area contributed by atoms with Crippen molar-refractivity contribution < 1.29 is 4.39 Å². The van der Waals surface area contributed by atoms with Crippen LogP contribution in [0, 0.1) is 5.82 Å². The first-order valence-electron chi connectivity index (χ1n) is 6.73. The lowest BCUT2D eigenvalue weighted by Gasteiger charge is -2.18. The van der Waals surface area contributed by atoms with Crippen molar-refractivity contribution in [1.82, 2.24) is 9.97 Å². The highest BCUT2D eigenvalue weighted by Gasteiger charge is 2.12. The highest BCUT2D eigenvalue weighted by atomic mass is 19.1. The Morgan fingerprint density at radius 1 is 1.35 bits per heavy atom. The third-order valence-corrected chi connectivity index (χ3v) is 3.18. The van der Waals surface area contributed by atoms with Crippen LogP contribution in [0.4, 0.5) is 16.0 Å². The summed E-state index contributed by atoms with van der Waals surface area (Å²) < 4.78 is 13.3. The van der Waals surface area contributed by atoms with E-state index < -0.39 is 0 Å². The zero-order valence-electron chi connectivity index (χ0n) is 11.7. The fourth-order valence-corrected chi connectivity index (χ4v) is 2.11. The molecule has 0 aliphatic rings. The zero-order valence-corrected chi connectivity index (χ0v) is 11.7. The first-order chi connectivity index (χ1) is 9.61. The maximum atomic E-state index is 13.3. The number of nitrogens with zero attached hydrogens (tertiary/aromatic N) is 2. The van der Waals surface area contributed by atoms with E-state index in [4.69, 9.17) is 5.73 Å². The van der Waals surface area contributed by atoms with Crippen LogP contribution in [0.15, 0.2) is 30.6 Å². The normalized spacial score (nSPS) is 12.2. The summed E-state index contributed by atoms with van der Waals surface area (Å²) >= 11 is 0. The van der Waals surface area contributed by atoms with E-state index in [9.17, 15) is 4.39 Å². The second-order valence-electron chi connectivity index (χ2n) is 4.76. The van der Waals surface area contributed by atoms with E-state index in [0.29, 0.717) is 5.82 Å². The number of nitrogen functional groups attached to an aromatic ring is 1. The van der Waals surface area contributed by atoms with E-state index in [0.717, 1.165) is 29.8 Å². The van der Waals surface area contributed by atoms with Crippen LogP contribution in [-0.2, 0) is 6.42 Å². The van der Waals surface area contributed by atoms with Crippen molar-refractivity contribution in [2.75, 3.05) is 11.1 Å². The molecule has 0 spiro atoms. The molecule has 0 aliphatic heterocycles. The molecule has 3 N–H and O–H groups in total. The number of benzene rings is 1. The number of anilines is 2. The van der Waals surface area contributed by atoms with E-state index >= 15 is 0 Å². The summed E-state index contributed by atoms with van der Waals surface area (Å²) in [6, 6.07) is 6.47. The molecule has 0 radical (unpaired) electrons. The van der Waals surface area contributed by atoms with Crippen LogP contribution >= 0.6 is 0 Å². The molecule has 2 rings (SSSR count). The zero-order chi connectivity index (χ0) is 14.5. The van der Waals surface area contributed by atoms with Gasteiger partial charge in [-0.25, -0.2) is 14.4 Å². The van der Waals surface area contributed by atoms with Crippen LogP contribution < -0.4 is 11.1 Å². The van der Waals surface area contributed by atoms with Crippen molar-refractivity contribution >= 4 is 11.6 Å². The summed E-state index contributed by atoms with van der Waals surface area (Å²) in [6.07, 6.45) is 3.21. The van der Waals surface area contributed by atoms with Gasteiger partial charge in [-0.1, -0.05) is 25.5 Å². The largest absolute Gasteiger partial charge is 0.383 e. The molecule has 106 valence electrons. The molecular weight excluding hydrogens is 255 g/mol. The molecule has 1 unspecified atom stereocenters. The standard InChI is InChI=1S/C15H19FN4/c1-3-5-13-14(17)18-9-19-15(13)20-10(2)11-6-4-7-12(16)8-11/h4,6-10H,3,5H2,1-2H3,(H3,17,18,19,20). The molecule has 2 aromatic rings. The Kier molecular flexibility index (Phi) is 4.50. The molecule has 20 heavy (non-hydrogen) atoms. The molecule has 1 aromatic carbocycles. The number of nitrogens with two attached hydrogens (primary N) is 1. The van der Waals surface area contributed by atoms with Crippen molar-refractivity contribution in [2.24, 2.45) is 0 Å². The van der Waals surface area contributed by atoms with Crippen LogP contribution in [0.2, 0.25) is 0 Å². The quantitative estimate of drug-likeness (QED) is 0.878. The van der Waals surface area contributed by atoms with Gasteiger partial charge in [-0.3, -0.25) is 0 Å². The van der Waals surface area contributed by atoms with Crippen LogP contribution in [-0.4, -0.2) is 9.97 Å². The SMILES string of the molecule is CCCc1c(N)ncnc1NC(C)c1cccc(F)c1. The first-order valence-corrected chi connectivity index (χ1v) is 6.73. The van der Waals surface area contributed by atoms with Gasteiger partial charge in [-0.2, -0.15) is 0 Å². The van der Waals surface area contributed by atoms with Gasteiger partial charge in [0.15, 0.2) is 0 Å². The number of hydrogen-bond acceptors (Lipinski definition) is 4. The van der Waals surface area contributed by atoms with Gasteiger partial charge in [0, 0.05) is 5.56 Å². The minimum absolute atomic E-state index is 0.0596. The van der Waals surface area contributed by atoms with Crippen LogP contribution in [0.1, 0.15) is 37.4 Å². The second kappa shape index (κ2) is 6.32. The molecule has 0 amide bonds. The van der Waals surface area contributed by atoms with E-state index in [-0.39, 0.29) is 11.9 Å². The fraction of sp³-hybridized carbons (Fsp3) is 0.333. The van der Waals surface area contributed by atoms with Gasteiger partial charge in [-0.05, 0) is 31.0 Å². The van der Waals surface area contributed by atoms with Crippen molar-refractivity contribution in [3.05, 3.63) is 47.5 Å². The average Bonchev–Trinajstić information content (AvgIpc) is 2.42. The van der Waals surface area contributed by atoms with Crippen molar-refractivity contribution in [1.29, 1.82) is 0 Å². The second-order valence-corrected chi connectivity index (χ2v) is 4.76. The number of nitrogens with one attached hydrogen (secondary N) is 1. The average molecular weight is 274 g/mol. The van der Waals surface area contributed by atoms with Gasteiger partial charge in [0.05, 0.1) is 6.04 Å². The van der Waals surface area contributed by atoms with E-state index in [1.54, 1.807) is 6.07 Å². The van der Waals surface area contributed by atoms with Crippen LogP contribution in [0.25, 0.3) is 0 Å². The first kappa shape index (κ1) is 14.2. The Balaban J connectivity index is 2.23. The summed E-state index contributed by atoms with van der Waals surface area (Å²) in [5.74, 6) is 0.971. The molecule has 4 nitrogen and oxygen atoms in total. The summed E-state index contributed by atoms with van der Waals surface area (Å²) in [5, 5.41) is 3.28. The Labute approximate surface area is 118 Å². The Morgan fingerprint density at radius 3 is 2.85 bits per heavy atom. The molecule has 0 saturated carbocycles. The Hall–Kier alpha value is -2.17. The Bertz CT molecular complexity index is 586. The maximum absolute atomic E-state index is 13.3. The van der Waals surface area contributed by atoms with E-state index in [1.807, 2.05) is 13.0 Å². The molecule has 0 saturated heterocycles. The monoisotopic (exact) mass is 274 g/mol. The van der Waals surface area contributed by atoms with Gasteiger partial charge in [-0.15, -0.1) is 0 Å². The minimum Gasteiger partial charge on any atom is -0.383 e. The van der Waals surface area contributed by atoms with Gasteiger partial charge >= 0.3 is 0 Å². The van der Waals surface area contributed by atoms with Crippen molar-refractivity contribution in [3.63, 3.8) is 0 Å².